The summed E-state index contributed by atoms with van der Waals surface area (Å²) in [5.74, 6) is -1.19. The van der Waals surface area contributed by atoms with Crippen LogP contribution in [0.25, 0.3) is 0 Å². The van der Waals surface area contributed by atoms with Crippen LogP contribution in [0.3, 0.4) is 0 Å². The predicted molar refractivity (Wildman–Crippen MR) is 152 cm³/mol. The molecule has 10 heteroatoms. The highest BCUT2D eigenvalue weighted by atomic mass is 16.3. The van der Waals surface area contributed by atoms with Crippen LogP contribution in [-0.2, 0) is 32.0 Å². The molecule has 0 spiro atoms. The Morgan fingerprint density at radius 1 is 0.875 bits per heavy atom. The van der Waals surface area contributed by atoms with Crippen LogP contribution in [0.1, 0.15) is 56.1 Å². The summed E-state index contributed by atoms with van der Waals surface area (Å²) < 4.78 is 0. The Kier molecular flexibility index (Phi) is 12.4. The number of phenolic OH excluding ortho intramolecular Hbond substituents is 1. The Balaban J connectivity index is 1.74. The van der Waals surface area contributed by atoms with Crippen LogP contribution >= 0.6 is 0 Å². The summed E-state index contributed by atoms with van der Waals surface area (Å²) in [4.78, 5) is 51.7. The van der Waals surface area contributed by atoms with Crippen molar-refractivity contribution in [1.82, 2.24) is 21.3 Å². The van der Waals surface area contributed by atoms with Gasteiger partial charge in [-0.1, -0.05) is 48.9 Å². The van der Waals surface area contributed by atoms with E-state index in [4.69, 9.17) is 5.73 Å². The van der Waals surface area contributed by atoms with E-state index in [-0.39, 0.29) is 24.0 Å². The number of nitrogens with one attached hydrogen (secondary N) is 4. The second-order valence-corrected chi connectivity index (χ2v) is 10.2. The zero-order chi connectivity index (χ0) is 28.7. The minimum absolute atomic E-state index is 0.0169. The number of rotatable bonds is 6. The van der Waals surface area contributed by atoms with Crippen molar-refractivity contribution in [3.63, 3.8) is 0 Å². The molecule has 0 radical (unpaired) electrons. The first-order valence-corrected chi connectivity index (χ1v) is 14.0. The van der Waals surface area contributed by atoms with Crippen LogP contribution in [0.5, 0.6) is 5.75 Å². The second-order valence-electron chi connectivity index (χ2n) is 10.2. The van der Waals surface area contributed by atoms with Gasteiger partial charge in [-0.05, 0) is 61.8 Å². The lowest BCUT2D eigenvalue weighted by Gasteiger charge is -2.24. The molecule has 216 valence electrons. The van der Waals surface area contributed by atoms with Crippen LogP contribution in [0.4, 0.5) is 0 Å². The quantitative estimate of drug-likeness (QED) is 0.318. The van der Waals surface area contributed by atoms with Gasteiger partial charge in [0.25, 0.3) is 0 Å². The van der Waals surface area contributed by atoms with Gasteiger partial charge in [0, 0.05) is 25.9 Å². The van der Waals surface area contributed by atoms with Crippen LogP contribution < -0.4 is 27.0 Å². The van der Waals surface area contributed by atoms with Gasteiger partial charge >= 0.3 is 0 Å². The Hall–Kier alpha value is -3.92. The van der Waals surface area contributed by atoms with E-state index in [1.807, 2.05) is 30.3 Å². The second kappa shape index (κ2) is 16.2. The summed E-state index contributed by atoms with van der Waals surface area (Å²) in [7, 11) is 0. The zero-order valence-electron chi connectivity index (χ0n) is 22.9. The number of nitrogens with two attached hydrogens (primary N) is 1. The minimum atomic E-state index is -0.907. The maximum Gasteiger partial charge on any atom is 0.243 e. The molecule has 1 heterocycles. The molecule has 1 aliphatic rings. The van der Waals surface area contributed by atoms with Gasteiger partial charge in [0.1, 0.15) is 17.8 Å². The van der Waals surface area contributed by atoms with Crippen LogP contribution in [0.15, 0.2) is 54.6 Å². The Morgan fingerprint density at radius 2 is 1.57 bits per heavy atom. The summed E-state index contributed by atoms with van der Waals surface area (Å²) in [5, 5.41) is 21.0. The van der Waals surface area contributed by atoms with Crippen molar-refractivity contribution in [2.75, 3.05) is 13.1 Å². The first-order valence-electron chi connectivity index (χ1n) is 14.0. The molecule has 4 amide bonds. The molecule has 1 saturated heterocycles. The molecule has 3 rings (SSSR count). The highest BCUT2D eigenvalue weighted by molar-refractivity contribution is 5.93. The average Bonchev–Trinajstić information content (AvgIpc) is 2.94. The van der Waals surface area contributed by atoms with Crippen molar-refractivity contribution in [3.05, 3.63) is 65.7 Å². The Labute approximate surface area is 235 Å². The fourth-order valence-corrected chi connectivity index (χ4v) is 4.57. The van der Waals surface area contributed by atoms with Crippen molar-refractivity contribution >= 4 is 23.6 Å². The van der Waals surface area contributed by atoms with Crippen molar-refractivity contribution in [2.24, 2.45) is 5.73 Å². The molecule has 3 atom stereocenters. The predicted octanol–water partition coefficient (Wildman–Crippen LogP) is 1.45. The first-order chi connectivity index (χ1) is 19.3. The number of hydrogen-bond acceptors (Lipinski definition) is 6. The van der Waals surface area contributed by atoms with Crippen LogP contribution in [0, 0.1) is 0 Å². The van der Waals surface area contributed by atoms with E-state index in [1.165, 1.54) is 12.1 Å². The fraction of sp³-hybridized carbons (Fsp3) is 0.467. The molecule has 40 heavy (non-hydrogen) atoms. The summed E-state index contributed by atoms with van der Waals surface area (Å²) in [5.41, 5.74) is 7.84. The maximum absolute atomic E-state index is 13.5. The van der Waals surface area contributed by atoms with Gasteiger partial charge in [0.2, 0.25) is 23.6 Å². The number of aromatic hydroxyl groups is 1. The maximum atomic E-state index is 13.5. The molecular weight excluding hydrogens is 510 g/mol. The summed E-state index contributed by atoms with van der Waals surface area (Å²) in [6.07, 6.45) is 4.71. The van der Waals surface area contributed by atoms with Gasteiger partial charge in [-0.2, -0.15) is 0 Å². The number of carbonyl (C=O) groups is 4. The molecule has 1 fully saturated rings. The SMILES string of the molecule is N[C@@H](Cc1ccccc1)C(=O)N[C@H]1CCCCNC(=O)CCCCCNC(=O)[C@H](Cc2ccc(O)cc2)NC1=O. The number of benzene rings is 2. The number of phenols is 1. The molecule has 0 aromatic heterocycles. The summed E-state index contributed by atoms with van der Waals surface area (Å²) in [6.45, 7) is 0.898. The number of hydrogen-bond donors (Lipinski definition) is 6. The summed E-state index contributed by atoms with van der Waals surface area (Å²) >= 11 is 0. The molecule has 2 aromatic rings. The molecule has 0 aliphatic carbocycles. The van der Waals surface area contributed by atoms with Gasteiger partial charge in [-0.15, -0.1) is 0 Å². The van der Waals surface area contributed by atoms with Crippen LogP contribution in [-0.4, -0.2) is 60.0 Å². The fourth-order valence-electron chi connectivity index (χ4n) is 4.57. The van der Waals surface area contributed by atoms with E-state index in [0.717, 1.165) is 24.0 Å². The lowest BCUT2D eigenvalue weighted by Crippen LogP contribution is -2.56. The van der Waals surface area contributed by atoms with Crippen molar-refractivity contribution in [3.8, 4) is 5.75 Å². The lowest BCUT2D eigenvalue weighted by atomic mass is 10.0. The van der Waals surface area contributed by atoms with E-state index in [2.05, 4.69) is 21.3 Å². The Morgan fingerprint density at radius 3 is 2.33 bits per heavy atom. The standard InChI is InChI=1S/C30H41N5O5/c31-24(19-21-9-3-1-4-10-21)28(38)34-25-11-6-8-17-32-27(37)12-5-2-7-18-33-29(39)26(35-30(25)40)20-22-13-15-23(36)16-14-22/h1,3-4,9-10,13-16,24-26,36H,2,5-8,11-12,17-20,31H2,(H,32,37)(H,33,39)(H,34,38)(H,35,40)/t24-,25-,26-/m0/s1. The average molecular weight is 552 g/mol. The van der Waals surface area contributed by atoms with E-state index >= 15 is 0 Å². The molecule has 0 bridgehead atoms. The molecule has 0 saturated carbocycles. The highest BCUT2D eigenvalue weighted by Crippen LogP contribution is 2.13. The zero-order valence-corrected chi connectivity index (χ0v) is 22.9. The van der Waals surface area contributed by atoms with Gasteiger partial charge in [-0.3, -0.25) is 19.2 Å². The van der Waals surface area contributed by atoms with Gasteiger partial charge in [0.15, 0.2) is 0 Å². The van der Waals surface area contributed by atoms with E-state index in [1.54, 1.807) is 12.1 Å². The molecule has 2 aromatic carbocycles. The monoisotopic (exact) mass is 551 g/mol. The normalized spacial score (nSPS) is 20.8. The summed E-state index contributed by atoms with van der Waals surface area (Å²) in [6, 6.07) is 13.2. The van der Waals surface area contributed by atoms with Crippen molar-refractivity contribution in [1.29, 1.82) is 0 Å². The number of carbonyl (C=O) groups excluding carboxylic acids is 4. The van der Waals surface area contributed by atoms with E-state index < -0.39 is 29.9 Å². The number of amides is 4. The third-order valence-corrected chi connectivity index (χ3v) is 6.90. The topological polar surface area (TPSA) is 163 Å². The highest BCUT2D eigenvalue weighted by Gasteiger charge is 2.28. The third-order valence-electron chi connectivity index (χ3n) is 6.90. The van der Waals surface area contributed by atoms with Crippen LogP contribution in [0.2, 0.25) is 0 Å². The van der Waals surface area contributed by atoms with Crippen molar-refractivity contribution in [2.45, 2.75) is 75.9 Å². The Bertz CT molecular complexity index is 1110. The molecule has 0 unspecified atom stereocenters. The smallest absolute Gasteiger partial charge is 0.243 e. The van der Waals surface area contributed by atoms with Crippen molar-refractivity contribution < 1.29 is 24.3 Å². The van der Waals surface area contributed by atoms with E-state index in [9.17, 15) is 24.3 Å². The van der Waals surface area contributed by atoms with E-state index in [0.29, 0.717) is 51.6 Å². The molecule has 1 aliphatic heterocycles. The molecular formula is C30H41N5O5. The molecule has 10 nitrogen and oxygen atoms in total. The largest absolute Gasteiger partial charge is 0.508 e. The van der Waals surface area contributed by atoms with Gasteiger partial charge < -0.3 is 32.1 Å². The lowest BCUT2D eigenvalue weighted by molar-refractivity contribution is -0.132. The van der Waals surface area contributed by atoms with Gasteiger partial charge in [-0.25, -0.2) is 0 Å². The molecule has 7 N–H and O–H groups in total. The first kappa shape index (κ1) is 30.6. The minimum Gasteiger partial charge on any atom is -0.508 e. The van der Waals surface area contributed by atoms with Gasteiger partial charge in [0.05, 0.1) is 6.04 Å². The third kappa shape index (κ3) is 10.7.